The zero-order valence-corrected chi connectivity index (χ0v) is 13.3. The third kappa shape index (κ3) is 4.43. The van der Waals surface area contributed by atoms with Crippen LogP contribution in [0.2, 0.25) is 0 Å². The maximum absolute atomic E-state index is 12.1. The first kappa shape index (κ1) is 15.8. The molecule has 0 saturated carbocycles. The van der Waals surface area contributed by atoms with Gasteiger partial charge in [-0.25, -0.2) is 0 Å². The number of likely N-dealkylation sites (tertiary alicyclic amines) is 1. The Kier molecular flexibility index (Phi) is 5.56. The fourth-order valence-corrected chi connectivity index (χ4v) is 2.80. The van der Waals surface area contributed by atoms with Crippen molar-refractivity contribution in [2.24, 2.45) is 5.73 Å². The molecule has 1 heterocycles. The number of anilines is 1. The number of carbonyl (C=O) groups excluding carboxylic acids is 1. The quantitative estimate of drug-likeness (QED) is 0.820. The molecule has 1 aliphatic rings. The Bertz CT molecular complexity index is 524. The normalized spacial score (nSPS) is 14.8. The van der Waals surface area contributed by atoms with Gasteiger partial charge in [0.1, 0.15) is 4.99 Å². The van der Waals surface area contributed by atoms with Crippen molar-refractivity contribution in [1.29, 1.82) is 0 Å². The second kappa shape index (κ2) is 7.41. The topological polar surface area (TPSA) is 58.4 Å². The zero-order valence-electron chi connectivity index (χ0n) is 12.5. The molecule has 114 valence electrons. The number of hydrogen-bond donors (Lipinski definition) is 2. The average molecular weight is 305 g/mol. The van der Waals surface area contributed by atoms with Crippen LogP contribution in [0.15, 0.2) is 18.2 Å². The smallest absolute Gasteiger partial charge is 0.224 e. The van der Waals surface area contributed by atoms with E-state index in [9.17, 15) is 4.79 Å². The van der Waals surface area contributed by atoms with Gasteiger partial charge in [0.05, 0.1) is 0 Å². The lowest BCUT2D eigenvalue weighted by molar-refractivity contribution is -0.131. The highest BCUT2D eigenvalue weighted by Crippen LogP contribution is 2.18. The second-order valence-corrected chi connectivity index (χ2v) is 5.97. The molecule has 0 spiro atoms. The van der Waals surface area contributed by atoms with E-state index in [0.29, 0.717) is 18.0 Å². The van der Waals surface area contributed by atoms with Crippen molar-refractivity contribution in [3.63, 3.8) is 0 Å². The van der Waals surface area contributed by atoms with Crippen molar-refractivity contribution < 1.29 is 4.79 Å². The van der Waals surface area contributed by atoms with E-state index >= 15 is 0 Å². The van der Waals surface area contributed by atoms with Crippen LogP contribution >= 0.6 is 12.2 Å². The van der Waals surface area contributed by atoms with Gasteiger partial charge in [-0.2, -0.15) is 0 Å². The molecule has 1 fully saturated rings. The molecule has 1 aromatic rings. The Morgan fingerprint density at radius 3 is 2.71 bits per heavy atom. The summed E-state index contributed by atoms with van der Waals surface area (Å²) in [6.07, 6.45) is 4.00. The monoisotopic (exact) mass is 305 g/mol. The molecule has 1 aromatic carbocycles. The van der Waals surface area contributed by atoms with Gasteiger partial charge in [-0.3, -0.25) is 4.79 Å². The molecule has 3 N–H and O–H groups in total. The van der Waals surface area contributed by atoms with Gasteiger partial charge in [0.25, 0.3) is 0 Å². The van der Waals surface area contributed by atoms with Crippen molar-refractivity contribution in [2.45, 2.75) is 32.6 Å². The Morgan fingerprint density at radius 1 is 1.33 bits per heavy atom. The molecule has 2 rings (SSSR count). The first-order valence-electron chi connectivity index (χ1n) is 7.50. The summed E-state index contributed by atoms with van der Waals surface area (Å²) in [6, 6.07) is 5.92. The fraction of sp³-hybridized carbons (Fsp3) is 0.500. The van der Waals surface area contributed by atoms with Crippen molar-refractivity contribution >= 4 is 28.8 Å². The van der Waals surface area contributed by atoms with E-state index < -0.39 is 0 Å². The van der Waals surface area contributed by atoms with Gasteiger partial charge in [-0.15, -0.1) is 0 Å². The first-order valence-corrected chi connectivity index (χ1v) is 7.91. The first-order chi connectivity index (χ1) is 10.1. The number of nitrogens with zero attached hydrogens (tertiary/aromatic N) is 1. The standard InChI is InChI=1S/C16H23N3OS/c1-12-5-6-13(16(17)21)14(11-12)18-8-7-15(20)19-9-3-2-4-10-19/h5-6,11,18H,2-4,7-10H2,1H3,(H2,17,21). The molecule has 5 heteroatoms. The Labute approximate surface area is 131 Å². The van der Waals surface area contributed by atoms with E-state index in [1.54, 1.807) is 0 Å². The van der Waals surface area contributed by atoms with E-state index in [0.717, 1.165) is 42.7 Å². The van der Waals surface area contributed by atoms with Gasteiger partial charge in [-0.05, 0) is 43.9 Å². The molecular formula is C16H23N3OS. The van der Waals surface area contributed by atoms with Crippen LogP contribution in [0.3, 0.4) is 0 Å². The van der Waals surface area contributed by atoms with E-state index in [1.807, 2.05) is 30.0 Å². The zero-order chi connectivity index (χ0) is 15.2. The minimum absolute atomic E-state index is 0.228. The summed E-state index contributed by atoms with van der Waals surface area (Å²) in [5.41, 5.74) is 8.61. The van der Waals surface area contributed by atoms with Gasteiger partial charge >= 0.3 is 0 Å². The van der Waals surface area contributed by atoms with E-state index in [1.165, 1.54) is 6.42 Å². The van der Waals surface area contributed by atoms with Crippen LogP contribution in [0.4, 0.5) is 5.69 Å². The molecule has 1 amide bonds. The number of amides is 1. The predicted octanol–water partition coefficient (Wildman–Crippen LogP) is 2.44. The van der Waals surface area contributed by atoms with Crippen molar-refractivity contribution in [3.05, 3.63) is 29.3 Å². The van der Waals surface area contributed by atoms with Crippen LogP contribution in [0, 0.1) is 6.92 Å². The fourth-order valence-electron chi connectivity index (χ4n) is 2.62. The van der Waals surface area contributed by atoms with Crippen LogP contribution in [0.5, 0.6) is 0 Å². The summed E-state index contributed by atoms with van der Waals surface area (Å²) in [4.78, 5) is 14.5. The van der Waals surface area contributed by atoms with Crippen LogP contribution in [-0.2, 0) is 4.79 Å². The number of benzene rings is 1. The second-order valence-electron chi connectivity index (χ2n) is 5.53. The predicted molar refractivity (Wildman–Crippen MR) is 90.6 cm³/mol. The Balaban J connectivity index is 1.89. The number of nitrogens with two attached hydrogens (primary N) is 1. The summed E-state index contributed by atoms with van der Waals surface area (Å²) in [5, 5.41) is 3.29. The van der Waals surface area contributed by atoms with Crippen molar-refractivity contribution in [3.8, 4) is 0 Å². The third-order valence-corrected chi connectivity index (χ3v) is 4.02. The van der Waals surface area contributed by atoms with E-state index in [2.05, 4.69) is 5.32 Å². The van der Waals surface area contributed by atoms with Gasteiger partial charge < -0.3 is 16.0 Å². The molecule has 0 aliphatic carbocycles. The Hall–Kier alpha value is -1.62. The van der Waals surface area contributed by atoms with Gasteiger partial charge in [0.15, 0.2) is 0 Å². The van der Waals surface area contributed by atoms with E-state index in [4.69, 9.17) is 18.0 Å². The number of aryl methyl sites for hydroxylation is 1. The molecule has 21 heavy (non-hydrogen) atoms. The number of thiocarbonyl (C=S) groups is 1. The molecule has 1 saturated heterocycles. The molecule has 0 radical (unpaired) electrons. The molecule has 1 aliphatic heterocycles. The highest BCUT2D eigenvalue weighted by molar-refractivity contribution is 7.80. The average Bonchev–Trinajstić information content (AvgIpc) is 2.48. The van der Waals surface area contributed by atoms with Gasteiger partial charge in [-0.1, -0.05) is 18.3 Å². The van der Waals surface area contributed by atoms with Crippen LogP contribution < -0.4 is 11.1 Å². The number of carbonyl (C=O) groups is 1. The Morgan fingerprint density at radius 2 is 2.05 bits per heavy atom. The number of hydrogen-bond acceptors (Lipinski definition) is 3. The highest BCUT2D eigenvalue weighted by Gasteiger charge is 2.16. The third-order valence-electron chi connectivity index (χ3n) is 3.80. The number of nitrogens with one attached hydrogen (secondary N) is 1. The SMILES string of the molecule is Cc1ccc(C(N)=S)c(NCCC(=O)N2CCCCC2)c1. The van der Waals surface area contributed by atoms with Crippen LogP contribution in [-0.4, -0.2) is 35.4 Å². The van der Waals surface area contributed by atoms with Gasteiger partial charge in [0.2, 0.25) is 5.91 Å². The van der Waals surface area contributed by atoms with Gasteiger partial charge in [0, 0.05) is 37.3 Å². The lowest BCUT2D eigenvalue weighted by Crippen LogP contribution is -2.36. The lowest BCUT2D eigenvalue weighted by Gasteiger charge is -2.26. The van der Waals surface area contributed by atoms with Crippen LogP contribution in [0.1, 0.15) is 36.8 Å². The number of piperidine rings is 1. The molecule has 4 nitrogen and oxygen atoms in total. The molecule has 0 aromatic heterocycles. The summed E-state index contributed by atoms with van der Waals surface area (Å²) in [5.74, 6) is 0.228. The molecule has 0 bridgehead atoms. The van der Waals surface area contributed by atoms with E-state index in [-0.39, 0.29) is 5.91 Å². The maximum Gasteiger partial charge on any atom is 0.224 e. The summed E-state index contributed by atoms with van der Waals surface area (Å²) in [7, 11) is 0. The molecule has 0 unspecified atom stereocenters. The van der Waals surface area contributed by atoms with Crippen molar-refractivity contribution in [1.82, 2.24) is 4.90 Å². The summed E-state index contributed by atoms with van der Waals surface area (Å²) >= 11 is 5.06. The minimum Gasteiger partial charge on any atom is -0.389 e. The summed E-state index contributed by atoms with van der Waals surface area (Å²) in [6.45, 7) is 4.44. The van der Waals surface area contributed by atoms with Crippen molar-refractivity contribution in [2.75, 3.05) is 25.0 Å². The largest absolute Gasteiger partial charge is 0.389 e. The maximum atomic E-state index is 12.1. The lowest BCUT2D eigenvalue weighted by atomic mass is 10.1. The highest BCUT2D eigenvalue weighted by atomic mass is 32.1. The van der Waals surface area contributed by atoms with Crippen LogP contribution in [0.25, 0.3) is 0 Å². The summed E-state index contributed by atoms with van der Waals surface area (Å²) < 4.78 is 0. The minimum atomic E-state index is 0.228. The number of rotatable bonds is 5. The molecule has 0 atom stereocenters. The molecular weight excluding hydrogens is 282 g/mol.